The van der Waals surface area contributed by atoms with Crippen molar-refractivity contribution in [3.05, 3.63) is 175 Å². The number of para-hydroxylation sites is 3. The van der Waals surface area contributed by atoms with E-state index in [2.05, 4.69) is 194 Å². The van der Waals surface area contributed by atoms with Crippen LogP contribution in [0, 0.1) is 0 Å². The van der Waals surface area contributed by atoms with Crippen molar-refractivity contribution in [1.29, 1.82) is 0 Å². The van der Waals surface area contributed by atoms with Crippen LogP contribution in [0.15, 0.2) is 180 Å². The van der Waals surface area contributed by atoms with E-state index in [-0.39, 0.29) is 5.41 Å². The summed E-state index contributed by atoms with van der Waals surface area (Å²) in [5.74, 6) is 1.93. The summed E-state index contributed by atoms with van der Waals surface area (Å²) in [5, 5.41) is 3.74. The van der Waals surface area contributed by atoms with E-state index in [1.54, 1.807) is 11.8 Å². The summed E-state index contributed by atoms with van der Waals surface area (Å²) in [6.45, 7) is 6.71. The Morgan fingerprint density at radius 1 is 0.474 bits per heavy atom. The summed E-state index contributed by atoms with van der Waals surface area (Å²) in [4.78, 5) is 18.2. The Labute approximate surface area is 335 Å². The minimum absolute atomic E-state index is 0.0285. The fourth-order valence-electron chi connectivity index (χ4n) is 8.43. The van der Waals surface area contributed by atoms with Crippen LogP contribution in [0.4, 0.5) is 0 Å². The van der Waals surface area contributed by atoms with Gasteiger partial charge in [-0.3, -0.25) is 9.13 Å². The third kappa shape index (κ3) is 5.36. The van der Waals surface area contributed by atoms with Crippen LogP contribution in [0.3, 0.4) is 0 Å². The van der Waals surface area contributed by atoms with Crippen LogP contribution < -0.4 is 0 Å². The lowest BCUT2D eigenvalue weighted by Gasteiger charge is -2.23. The highest BCUT2D eigenvalue weighted by atomic mass is 32.2. The summed E-state index contributed by atoms with van der Waals surface area (Å²) in [6, 6.07) is 60.3. The monoisotopic (exact) mass is 751 g/mol. The predicted molar refractivity (Wildman–Crippen MR) is 236 cm³/mol. The minimum Gasteiger partial charge on any atom is -0.295 e. The molecule has 0 saturated carbocycles. The molecule has 3 aromatic heterocycles. The van der Waals surface area contributed by atoms with Gasteiger partial charge in [0.15, 0.2) is 17.5 Å². The molecule has 6 heteroatoms. The number of rotatable bonds is 5. The molecule has 0 spiro atoms. The summed E-state index contributed by atoms with van der Waals surface area (Å²) < 4.78 is 4.89. The standard InChI is InChI=1S/C51H37N5S/c1-51(2,3)34-30-28-33(29-31-34)47-52-48(37-21-11-10-20-36(37)32-16-6-4-7-17-32)54-49(53-47)40-24-14-26-42-46(40)57-43-27-15-23-39-44-38-22-12-13-25-41(38)55(35-18-8-5-9-19-35)50(44)56(42)45(39)43/h4-31H,1-3H3. The minimum atomic E-state index is 0.0285. The van der Waals surface area contributed by atoms with Crippen LogP contribution in [0.1, 0.15) is 26.3 Å². The molecule has 7 aromatic carbocycles. The van der Waals surface area contributed by atoms with Crippen molar-refractivity contribution in [2.45, 2.75) is 36.0 Å². The second-order valence-electron chi connectivity index (χ2n) is 15.7. The fourth-order valence-corrected chi connectivity index (χ4v) is 9.62. The maximum atomic E-state index is 5.36. The molecule has 0 amide bonds. The molecule has 11 rings (SSSR count). The van der Waals surface area contributed by atoms with E-state index in [1.165, 1.54) is 37.7 Å². The molecule has 0 fully saturated rings. The molecule has 0 atom stereocenters. The average Bonchev–Trinajstić information content (AvgIpc) is 3.78. The van der Waals surface area contributed by atoms with Gasteiger partial charge < -0.3 is 0 Å². The summed E-state index contributed by atoms with van der Waals surface area (Å²) in [5.41, 5.74) is 12.2. The van der Waals surface area contributed by atoms with Crippen molar-refractivity contribution in [2.75, 3.05) is 0 Å². The van der Waals surface area contributed by atoms with Gasteiger partial charge >= 0.3 is 0 Å². The van der Waals surface area contributed by atoms with Crippen molar-refractivity contribution in [2.24, 2.45) is 0 Å². The highest BCUT2D eigenvalue weighted by Crippen LogP contribution is 2.51. The average molecular weight is 752 g/mol. The topological polar surface area (TPSA) is 48.5 Å². The highest BCUT2D eigenvalue weighted by molar-refractivity contribution is 8.00. The Balaban J connectivity index is 1.18. The van der Waals surface area contributed by atoms with E-state index < -0.39 is 0 Å². The number of benzene rings is 7. The third-order valence-corrected chi connectivity index (χ3v) is 12.3. The van der Waals surface area contributed by atoms with Crippen LogP contribution in [0.5, 0.6) is 0 Å². The quantitative estimate of drug-likeness (QED) is 0.176. The van der Waals surface area contributed by atoms with E-state index in [9.17, 15) is 0 Å². The maximum absolute atomic E-state index is 5.36. The van der Waals surface area contributed by atoms with Gasteiger partial charge in [-0.05, 0) is 58.5 Å². The summed E-state index contributed by atoms with van der Waals surface area (Å²) in [7, 11) is 0. The Hall–Kier alpha value is -6.76. The van der Waals surface area contributed by atoms with Crippen molar-refractivity contribution < 1.29 is 0 Å². The molecule has 0 N–H and O–H groups in total. The van der Waals surface area contributed by atoms with Gasteiger partial charge in [-0.25, -0.2) is 15.0 Å². The van der Waals surface area contributed by atoms with Gasteiger partial charge in [0.05, 0.1) is 16.7 Å². The normalized spacial score (nSPS) is 12.4. The van der Waals surface area contributed by atoms with Crippen molar-refractivity contribution in [1.82, 2.24) is 24.1 Å². The Morgan fingerprint density at radius 3 is 1.86 bits per heavy atom. The molecule has 1 aliphatic rings. The maximum Gasteiger partial charge on any atom is 0.165 e. The van der Waals surface area contributed by atoms with Crippen LogP contribution in [-0.4, -0.2) is 24.1 Å². The number of fused-ring (bicyclic) bond motifs is 7. The second-order valence-corrected chi connectivity index (χ2v) is 16.7. The van der Waals surface area contributed by atoms with Gasteiger partial charge in [-0.2, -0.15) is 0 Å². The first-order valence-electron chi connectivity index (χ1n) is 19.4. The molecule has 0 bridgehead atoms. The highest BCUT2D eigenvalue weighted by Gasteiger charge is 2.30. The zero-order chi connectivity index (χ0) is 38.3. The molecule has 5 nitrogen and oxygen atoms in total. The van der Waals surface area contributed by atoms with Crippen LogP contribution in [-0.2, 0) is 5.41 Å². The van der Waals surface area contributed by atoms with Crippen molar-refractivity contribution in [3.63, 3.8) is 0 Å². The van der Waals surface area contributed by atoms with Crippen LogP contribution in [0.2, 0.25) is 0 Å². The molecular formula is C51H37N5S. The zero-order valence-corrected chi connectivity index (χ0v) is 32.6. The Bertz CT molecular complexity index is 3170. The first-order chi connectivity index (χ1) is 27.9. The second kappa shape index (κ2) is 12.9. The van der Waals surface area contributed by atoms with E-state index in [1.807, 2.05) is 6.07 Å². The van der Waals surface area contributed by atoms with E-state index in [0.29, 0.717) is 17.5 Å². The number of hydrogen-bond donors (Lipinski definition) is 0. The van der Waals surface area contributed by atoms with Crippen molar-refractivity contribution in [3.8, 4) is 56.7 Å². The Morgan fingerprint density at radius 2 is 1.09 bits per heavy atom. The molecule has 0 unspecified atom stereocenters. The molecule has 0 aliphatic carbocycles. The third-order valence-electron chi connectivity index (χ3n) is 11.2. The molecule has 57 heavy (non-hydrogen) atoms. The fraction of sp³-hybridized carbons (Fsp3) is 0.0784. The van der Waals surface area contributed by atoms with Gasteiger partial charge in [0, 0.05) is 48.3 Å². The van der Waals surface area contributed by atoms with Gasteiger partial charge in [-0.1, -0.05) is 166 Å². The number of nitrogens with zero attached hydrogens (tertiary/aromatic N) is 5. The molecule has 272 valence electrons. The Kier molecular flexibility index (Phi) is 7.60. The molecule has 0 radical (unpaired) electrons. The lowest BCUT2D eigenvalue weighted by Crippen LogP contribution is -2.10. The van der Waals surface area contributed by atoms with E-state index in [0.717, 1.165) is 49.7 Å². The molecule has 1 aliphatic heterocycles. The van der Waals surface area contributed by atoms with Crippen LogP contribution in [0.25, 0.3) is 89.5 Å². The van der Waals surface area contributed by atoms with Crippen LogP contribution >= 0.6 is 11.8 Å². The largest absolute Gasteiger partial charge is 0.295 e. The van der Waals surface area contributed by atoms with Gasteiger partial charge in [0.2, 0.25) is 0 Å². The lowest BCUT2D eigenvalue weighted by atomic mass is 9.86. The zero-order valence-electron chi connectivity index (χ0n) is 31.8. The lowest BCUT2D eigenvalue weighted by molar-refractivity contribution is 0.590. The summed E-state index contributed by atoms with van der Waals surface area (Å²) >= 11 is 1.80. The van der Waals surface area contributed by atoms with Gasteiger partial charge in [0.25, 0.3) is 0 Å². The first kappa shape index (κ1) is 33.6. The molecule has 10 aromatic rings. The molecular weight excluding hydrogens is 715 g/mol. The molecule has 4 heterocycles. The first-order valence-corrected chi connectivity index (χ1v) is 20.2. The van der Waals surface area contributed by atoms with Gasteiger partial charge in [0.1, 0.15) is 5.65 Å². The SMILES string of the molecule is CC(C)(C)c1ccc(-c2nc(-c3ccccc3-c3ccccc3)nc(-c3cccc4c3Sc3cccc5c6c7ccccc7n(-c7ccccc7)c6n-4c35)n2)cc1. The smallest absolute Gasteiger partial charge is 0.165 e. The summed E-state index contributed by atoms with van der Waals surface area (Å²) in [6.07, 6.45) is 0. The van der Waals surface area contributed by atoms with Gasteiger partial charge in [-0.15, -0.1) is 0 Å². The van der Waals surface area contributed by atoms with E-state index >= 15 is 0 Å². The van der Waals surface area contributed by atoms with Crippen molar-refractivity contribution >= 4 is 44.6 Å². The van der Waals surface area contributed by atoms with E-state index in [4.69, 9.17) is 15.0 Å². The predicted octanol–water partition coefficient (Wildman–Crippen LogP) is 13.3. The molecule has 0 saturated heterocycles. The number of hydrogen-bond acceptors (Lipinski definition) is 4. The number of aromatic nitrogens is 5.